The second-order valence-electron chi connectivity index (χ2n) is 6.06. The topological polar surface area (TPSA) is 88.1 Å². The predicted molar refractivity (Wildman–Crippen MR) is 116 cm³/mol. The number of methoxy groups -OCH3 is 4. The molecular formula is C22H24O7S. The van der Waals surface area contributed by atoms with Crippen LogP contribution in [0.4, 0.5) is 0 Å². The van der Waals surface area contributed by atoms with Crippen molar-refractivity contribution in [2.75, 3.05) is 34.2 Å². The van der Waals surface area contributed by atoms with Gasteiger partial charge in [0.1, 0.15) is 28.8 Å². The molecule has 0 N–H and O–H groups in total. The molecule has 0 amide bonds. The van der Waals surface area contributed by atoms with E-state index in [0.29, 0.717) is 34.1 Å². The zero-order valence-electron chi connectivity index (χ0n) is 17.2. The van der Waals surface area contributed by atoms with Gasteiger partial charge in [0, 0.05) is 5.41 Å². The van der Waals surface area contributed by atoms with Gasteiger partial charge in [0.2, 0.25) is 0 Å². The van der Waals surface area contributed by atoms with Crippen molar-refractivity contribution < 1.29 is 32.2 Å². The lowest BCUT2D eigenvalue weighted by molar-refractivity contribution is -0.112. The number of rotatable bonds is 10. The summed E-state index contributed by atoms with van der Waals surface area (Å²) in [6.45, 7) is 0. The van der Waals surface area contributed by atoms with E-state index in [4.69, 9.17) is 18.9 Å². The van der Waals surface area contributed by atoms with Crippen molar-refractivity contribution in [3.05, 3.63) is 59.0 Å². The molecule has 0 heterocycles. The molecule has 30 heavy (non-hydrogen) atoms. The molecule has 0 aliphatic carbocycles. The van der Waals surface area contributed by atoms with Crippen molar-refractivity contribution in [3.63, 3.8) is 0 Å². The first-order chi connectivity index (χ1) is 14.3. The molecule has 0 radical (unpaired) electrons. The van der Waals surface area contributed by atoms with Crippen molar-refractivity contribution in [1.29, 1.82) is 0 Å². The van der Waals surface area contributed by atoms with Crippen molar-refractivity contribution in [2.45, 2.75) is 0 Å². The lowest BCUT2D eigenvalue weighted by atomic mass is 10.1. The molecule has 0 saturated heterocycles. The summed E-state index contributed by atoms with van der Waals surface area (Å²) in [5.74, 6) is 0.647. The molecule has 0 spiro atoms. The lowest BCUT2D eigenvalue weighted by Crippen LogP contribution is -2.11. The minimum absolute atomic E-state index is 0.454. The summed E-state index contributed by atoms with van der Waals surface area (Å²) in [7, 11) is 2.12. The van der Waals surface area contributed by atoms with Gasteiger partial charge in [-0.3, -0.25) is 4.79 Å². The molecule has 0 bridgehead atoms. The molecule has 2 aromatic rings. The maximum absolute atomic E-state index is 12.4. The van der Waals surface area contributed by atoms with Crippen LogP contribution in [0.3, 0.4) is 0 Å². The van der Waals surface area contributed by atoms with Gasteiger partial charge in [0.05, 0.1) is 39.6 Å². The summed E-state index contributed by atoms with van der Waals surface area (Å²) < 4.78 is 45.8. The SMILES string of the molecule is COc1cccc(OC)c1/C=C/C(=O)CS(=O)(=O)/C=C/c1c(OC)cccc1OC. The molecule has 7 nitrogen and oxygen atoms in total. The molecule has 2 rings (SSSR count). The highest BCUT2D eigenvalue weighted by molar-refractivity contribution is 7.95. The van der Waals surface area contributed by atoms with E-state index < -0.39 is 21.4 Å². The van der Waals surface area contributed by atoms with E-state index in [2.05, 4.69) is 0 Å². The predicted octanol–water partition coefficient (Wildman–Crippen LogP) is 3.39. The smallest absolute Gasteiger partial charge is 0.179 e. The zero-order chi connectivity index (χ0) is 22.1. The van der Waals surface area contributed by atoms with Crippen LogP contribution in [0.2, 0.25) is 0 Å². The van der Waals surface area contributed by atoms with Gasteiger partial charge in [-0.25, -0.2) is 8.42 Å². The van der Waals surface area contributed by atoms with Crippen LogP contribution in [-0.2, 0) is 14.6 Å². The maximum atomic E-state index is 12.4. The van der Waals surface area contributed by atoms with Crippen molar-refractivity contribution in [2.24, 2.45) is 0 Å². The van der Waals surface area contributed by atoms with Crippen LogP contribution in [0.5, 0.6) is 23.0 Å². The zero-order valence-corrected chi connectivity index (χ0v) is 18.1. The highest BCUT2D eigenvalue weighted by Crippen LogP contribution is 2.30. The maximum Gasteiger partial charge on any atom is 0.179 e. The molecule has 2 aromatic carbocycles. The molecule has 160 valence electrons. The Kier molecular flexibility index (Phi) is 8.06. The number of carbonyl (C=O) groups is 1. The minimum atomic E-state index is -3.82. The molecule has 0 aromatic heterocycles. The van der Waals surface area contributed by atoms with Gasteiger partial charge in [0.15, 0.2) is 15.6 Å². The van der Waals surface area contributed by atoms with Crippen molar-refractivity contribution in [3.8, 4) is 23.0 Å². The fourth-order valence-corrected chi connectivity index (χ4v) is 3.66. The quantitative estimate of drug-likeness (QED) is 0.532. The second-order valence-corrected chi connectivity index (χ2v) is 7.95. The standard InChI is InChI=1S/C22H24O7S/c1-26-19-7-5-8-20(27-2)17(19)12-11-16(23)15-30(24,25)14-13-18-21(28-3)9-6-10-22(18)29-4/h5-14H,15H2,1-4H3/b12-11+,14-13+. The van der Waals surface area contributed by atoms with Crippen LogP contribution in [0.15, 0.2) is 47.9 Å². The van der Waals surface area contributed by atoms with Crippen LogP contribution in [0, 0.1) is 0 Å². The third kappa shape index (κ3) is 5.87. The Morgan fingerprint density at radius 3 is 1.57 bits per heavy atom. The van der Waals surface area contributed by atoms with E-state index in [1.165, 1.54) is 46.7 Å². The summed E-state index contributed by atoms with van der Waals surface area (Å²) in [5.41, 5.74) is 1.01. The van der Waals surface area contributed by atoms with Gasteiger partial charge in [-0.1, -0.05) is 12.1 Å². The molecule has 0 atom stereocenters. The fraction of sp³-hybridized carbons (Fsp3) is 0.227. The fourth-order valence-electron chi connectivity index (χ4n) is 2.73. The molecule has 0 unspecified atom stereocenters. The summed E-state index contributed by atoms with van der Waals surface area (Å²) in [5, 5.41) is 0.975. The molecule has 0 fully saturated rings. The van der Waals surface area contributed by atoms with E-state index >= 15 is 0 Å². The van der Waals surface area contributed by atoms with E-state index in [1.807, 2.05) is 0 Å². The highest BCUT2D eigenvalue weighted by atomic mass is 32.2. The van der Waals surface area contributed by atoms with Gasteiger partial charge in [0.25, 0.3) is 0 Å². The Morgan fingerprint density at radius 2 is 1.17 bits per heavy atom. The number of benzene rings is 2. The Bertz CT molecular complexity index is 1010. The van der Waals surface area contributed by atoms with Gasteiger partial charge >= 0.3 is 0 Å². The number of carbonyl (C=O) groups excluding carboxylic acids is 1. The van der Waals surface area contributed by atoms with Crippen LogP contribution in [0.1, 0.15) is 11.1 Å². The first-order valence-electron chi connectivity index (χ1n) is 8.89. The monoisotopic (exact) mass is 432 g/mol. The normalized spacial score (nSPS) is 11.6. The van der Waals surface area contributed by atoms with Crippen LogP contribution in [0.25, 0.3) is 12.2 Å². The number of ketones is 1. The third-order valence-corrected chi connectivity index (χ3v) is 5.39. The molecule has 0 saturated carbocycles. The molecule has 8 heteroatoms. The first kappa shape index (κ1) is 23.0. The number of hydrogen-bond acceptors (Lipinski definition) is 7. The summed E-state index contributed by atoms with van der Waals surface area (Å²) in [4.78, 5) is 12.3. The first-order valence-corrected chi connectivity index (χ1v) is 10.6. The van der Waals surface area contributed by atoms with Gasteiger partial charge in [-0.05, 0) is 42.5 Å². The average molecular weight is 432 g/mol. The Labute approximate surface area is 176 Å². The van der Waals surface area contributed by atoms with Crippen LogP contribution < -0.4 is 18.9 Å². The van der Waals surface area contributed by atoms with E-state index in [-0.39, 0.29) is 0 Å². The highest BCUT2D eigenvalue weighted by Gasteiger charge is 2.14. The largest absolute Gasteiger partial charge is 0.496 e. The summed E-state index contributed by atoms with van der Waals surface area (Å²) in [6, 6.07) is 10.3. The molecular weight excluding hydrogens is 408 g/mol. The molecule has 0 aliphatic heterocycles. The Balaban J connectivity index is 2.20. The van der Waals surface area contributed by atoms with E-state index in [1.54, 1.807) is 36.4 Å². The second kappa shape index (κ2) is 10.5. The Hall–Kier alpha value is -3.26. The third-order valence-electron chi connectivity index (χ3n) is 4.15. The van der Waals surface area contributed by atoms with Crippen LogP contribution >= 0.6 is 0 Å². The Morgan fingerprint density at radius 1 is 0.767 bits per heavy atom. The minimum Gasteiger partial charge on any atom is -0.496 e. The van der Waals surface area contributed by atoms with Crippen molar-refractivity contribution in [1.82, 2.24) is 0 Å². The van der Waals surface area contributed by atoms with Gasteiger partial charge < -0.3 is 18.9 Å². The van der Waals surface area contributed by atoms with Crippen LogP contribution in [-0.4, -0.2) is 48.4 Å². The molecule has 0 aliphatic rings. The number of ether oxygens (including phenoxy) is 4. The lowest BCUT2D eigenvalue weighted by Gasteiger charge is -2.09. The number of sulfone groups is 1. The summed E-state index contributed by atoms with van der Waals surface area (Å²) in [6.07, 6.45) is 4.02. The van der Waals surface area contributed by atoms with E-state index in [0.717, 1.165) is 5.41 Å². The average Bonchev–Trinajstić information content (AvgIpc) is 2.75. The summed E-state index contributed by atoms with van der Waals surface area (Å²) >= 11 is 0. The van der Waals surface area contributed by atoms with Crippen molar-refractivity contribution >= 4 is 27.8 Å². The van der Waals surface area contributed by atoms with Gasteiger partial charge in [-0.2, -0.15) is 0 Å². The van der Waals surface area contributed by atoms with E-state index in [9.17, 15) is 13.2 Å². The van der Waals surface area contributed by atoms with Gasteiger partial charge in [-0.15, -0.1) is 0 Å². The number of hydrogen-bond donors (Lipinski definition) is 0. The number of allylic oxidation sites excluding steroid dienone is 1.